The van der Waals surface area contributed by atoms with Crippen molar-refractivity contribution in [3.63, 3.8) is 0 Å². The third-order valence-electron chi connectivity index (χ3n) is 4.36. The minimum atomic E-state index is -0.667. The molecule has 1 amide bonds. The zero-order chi connectivity index (χ0) is 25.2. The summed E-state index contributed by atoms with van der Waals surface area (Å²) in [5.41, 5.74) is 0.497. The number of hydrogen-bond donors (Lipinski definition) is 1. The van der Waals surface area contributed by atoms with Gasteiger partial charge in [0.2, 0.25) is 0 Å². The maximum Gasteiger partial charge on any atom is 0.407 e. The van der Waals surface area contributed by atoms with Gasteiger partial charge in [-0.05, 0) is 71.7 Å². The number of ether oxygens (including phenoxy) is 3. The number of methoxy groups -OCH3 is 1. The number of hydrogen-bond acceptors (Lipinski definition) is 6. The van der Waals surface area contributed by atoms with Crippen molar-refractivity contribution in [2.24, 2.45) is 0 Å². The molecular formula is C24H38Cl2N2O5. The molecule has 0 spiro atoms. The van der Waals surface area contributed by atoms with E-state index < -0.39 is 29.3 Å². The average molecular weight is 505 g/mol. The second-order valence-electron chi connectivity index (χ2n) is 9.70. The predicted molar refractivity (Wildman–Crippen MR) is 134 cm³/mol. The molecule has 1 aromatic carbocycles. The van der Waals surface area contributed by atoms with E-state index >= 15 is 0 Å². The number of nitrogens with one attached hydrogen (secondary N) is 1. The Morgan fingerprint density at radius 1 is 1.00 bits per heavy atom. The van der Waals surface area contributed by atoms with Gasteiger partial charge in [-0.25, -0.2) is 4.79 Å². The zero-order valence-corrected chi connectivity index (χ0v) is 22.3. The lowest BCUT2D eigenvalue weighted by Crippen LogP contribution is -2.42. The van der Waals surface area contributed by atoms with Crippen LogP contribution in [0.15, 0.2) is 18.2 Å². The summed E-state index contributed by atoms with van der Waals surface area (Å²) in [6.45, 7) is 12.0. The van der Waals surface area contributed by atoms with Crippen LogP contribution in [0.4, 0.5) is 10.5 Å². The molecule has 0 aliphatic heterocycles. The molecule has 0 heterocycles. The van der Waals surface area contributed by atoms with E-state index in [-0.39, 0.29) is 6.42 Å². The van der Waals surface area contributed by atoms with E-state index in [9.17, 15) is 9.59 Å². The fraction of sp³-hybridized carbons (Fsp3) is 0.667. The second kappa shape index (κ2) is 13.1. The van der Waals surface area contributed by atoms with Crippen LogP contribution in [0.5, 0.6) is 5.75 Å². The van der Waals surface area contributed by atoms with Crippen LogP contribution >= 0.6 is 23.2 Å². The fourth-order valence-corrected chi connectivity index (χ4v) is 3.62. The molecule has 33 heavy (non-hydrogen) atoms. The Morgan fingerprint density at radius 3 is 2.06 bits per heavy atom. The summed E-state index contributed by atoms with van der Waals surface area (Å²) in [6, 6.07) is 5.13. The summed E-state index contributed by atoms with van der Waals surface area (Å²) in [6.07, 6.45) is -0.261. The van der Waals surface area contributed by atoms with Crippen LogP contribution < -0.4 is 15.0 Å². The average Bonchev–Trinajstić information content (AvgIpc) is 2.64. The quantitative estimate of drug-likeness (QED) is 0.331. The Hall–Kier alpha value is -1.86. The topological polar surface area (TPSA) is 77.1 Å². The molecule has 188 valence electrons. The standard InChI is InChI=1S/C24H38Cl2N2O5/c1-23(2,3)32-21(29)16-18(27-22(30)33-24(4,5)6)14-17-15-19(31-7)8-9-20(17)28(12-10-25)13-11-26/h8-9,15,18H,10-14,16H2,1-7H3,(H,27,30). The summed E-state index contributed by atoms with van der Waals surface area (Å²) in [5.74, 6) is 1.12. The van der Waals surface area contributed by atoms with Crippen LogP contribution in [0.25, 0.3) is 0 Å². The summed E-state index contributed by atoms with van der Waals surface area (Å²) in [4.78, 5) is 27.2. The van der Waals surface area contributed by atoms with Gasteiger partial charge in [0.25, 0.3) is 0 Å². The Bertz CT molecular complexity index is 739. The number of amides is 1. The molecular weight excluding hydrogens is 467 g/mol. The predicted octanol–water partition coefficient (Wildman–Crippen LogP) is 5.15. The van der Waals surface area contributed by atoms with Crippen molar-refractivity contribution in [3.8, 4) is 5.75 Å². The normalized spacial score (nSPS) is 12.6. The van der Waals surface area contributed by atoms with E-state index in [1.807, 2.05) is 18.2 Å². The summed E-state index contributed by atoms with van der Waals surface area (Å²) >= 11 is 12.0. The number of alkyl halides is 2. The largest absolute Gasteiger partial charge is 0.497 e. The lowest BCUT2D eigenvalue weighted by atomic mass is 10.00. The van der Waals surface area contributed by atoms with Crippen molar-refractivity contribution in [2.75, 3.05) is 36.9 Å². The van der Waals surface area contributed by atoms with Gasteiger partial charge in [0.1, 0.15) is 17.0 Å². The molecule has 0 radical (unpaired) electrons. The maximum atomic E-state index is 12.6. The fourth-order valence-electron chi connectivity index (χ4n) is 3.22. The molecule has 0 saturated carbocycles. The molecule has 0 aliphatic rings. The summed E-state index contributed by atoms with van der Waals surface area (Å²) in [5, 5.41) is 2.83. The number of rotatable bonds is 11. The van der Waals surface area contributed by atoms with Gasteiger partial charge in [-0.1, -0.05) is 0 Å². The minimum absolute atomic E-state index is 0.0157. The molecule has 1 aromatic rings. The highest BCUT2D eigenvalue weighted by Gasteiger charge is 2.26. The van der Waals surface area contributed by atoms with Gasteiger partial charge in [0, 0.05) is 36.6 Å². The highest BCUT2D eigenvalue weighted by molar-refractivity contribution is 6.18. The van der Waals surface area contributed by atoms with Crippen molar-refractivity contribution in [1.82, 2.24) is 5.32 Å². The zero-order valence-electron chi connectivity index (χ0n) is 20.8. The smallest absolute Gasteiger partial charge is 0.407 e. The third kappa shape index (κ3) is 11.7. The SMILES string of the molecule is COc1ccc(N(CCCl)CCCl)c(CC(CC(=O)OC(C)(C)C)NC(=O)OC(C)(C)C)c1. The first kappa shape index (κ1) is 29.2. The van der Waals surface area contributed by atoms with Gasteiger partial charge in [-0.3, -0.25) is 4.79 Å². The first-order chi connectivity index (χ1) is 15.3. The molecule has 0 fully saturated rings. The van der Waals surface area contributed by atoms with Crippen molar-refractivity contribution >= 4 is 41.0 Å². The first-order valence-electron chi connectivity index (χ1n) is 11.0. The number of halogens is 2. The Morgan fingerprint density at radius 2 is 1.58 bits per heavy atom. The Labute approximate surface area is 208 Å². The first-order valence-corrected chi connectivity index (χ1v) is 12.1. The maximum absolute atomic E-state index is 12.6. The highest BCUT2D eigenvalue weighted by Crippen LogP contribution is 2.28. The minimum Gasteiger partial charge on any atom is -0.497 e. The van der Waals surface area contributed by atoms with Crippen LogP contribution in [0.2, 0.25) is 0 Å². The number of nitrogens with zero attached hydrogens (tertiary/aromatic N) is 1. The highest BCUT2D eigenvalue weighted by atomic mass is 35.5. The number of alkyl carbamates (subject to hydrolysis) is 1. The molecule has 9 heteroatoms. The van der Waals surface area contributed by atoms with E-state index in [1.165, 1.54) is 0 Å². The van der Waals surface area contributed by atoms with Gasteiger partial charge in [-0.15, -0.1) is 23.2 Å². The molecule has 0 saturated heterocycles. The van der Waals surface area contributed by atoms with Gasteiger partial charge >= 0.3 is 12.1 Å². The number of anilines is 1. The van der Waals surface area contributed by atoms with E-state index in [1.54, 1.807) is 48.7 Å². The monoisotopic (exact) mass is 504 g/mol. The van der Waals surface area contributed by atoms with E-state index in [4.69, 9.17) is 37.4 Å². The van der Waals surface area contributed by atoms with Crippen molar-refractivity contribution in [2.45, 2.75) is 71.6 Å². The summed E-state index contributed by atoms with van der Waals surface area (Å²) < 4.78 is 16.3. The number of carbonyl (C=O) groups excluding carboxylic acids is 2. The molecule has 7 nitrogen and oxygen atoms in total. The molecule has 0 aromatic heterocycles. The molecule has 1 rings (SSSR count). The van der Waals surface area contributed by atoms with Gasteiger partial charge in [0.05, 0.1) is 13.5 Å². The summed E-state index contributed by atoms with van der Waals surface area (Å²) in [7, 11) is 1.59. The van der Waals surface area contributed by atoms with Crippen molar-refractivity contribution in [3.05, 3.63) is 23.8 Å². The molecule has 0 aliphatic carbocycles. The van der Waals surface area contributed by atoms with Crippen LogP contribution in [0.3, 0.4) is 0 Å². The van der Waals surface area contributed by atoms with E-state index in [0.29, 0.717) is 37.0 Å². The van der Waals surface area contributed by atoms with Gasteiger partial charge < -0.3 is 24.4 Å². The number of carbonyl (C=O) groups is 2. The molecule has 1 N–H and O–H groups in total. The van der Waals surface area contributed by atoms with Crippen LogP contribution in [0, 0.1) is 0 Å². The lowest BCUT2D eigenvalue weighted by molar-refractivity contribution is -0.155. The van der Waals surface area contributed by atoms with Crippen LogP contribution in [-0.4, -0.2) is 61.3 Å². The second-order valence-corrected chi connectivity index (χ2v) is 10.5. The van der Waals surface area contributed by atoms with Crippen LogP contribution in [-0.2, 0) is 20.7 Å². The van der Waals surface area contributed by atoms with Crippen LogP contribution in [0.1, 0.15) is 53.5 Å². The number of benzene rings is 1. The third-order valence-corrected chi connectivity index (χ3v) is 4.69. The van der Waals surface area contributed by atoms with Gasteiger partial charge in [-0.2, -0.15) is 0 Å². The van der Waals surface area contributed by atoms with Crippen molar-refractivity contribution < 1.29 is 23.8 Å². The number of esters is 1. The lowest BCUT2D eigenvalue weighted by Gasteiger charge is -2.29. The Kier molecular flexibility index (Phi) is 11.6. The Balaban J connectivity index is 3.26. The van der Waals surface area contributed by atoms with E-state index in [2.05, 4.69) is 10.2 Å². The molecule has 1 atom stereocenters. The molecule has 0 bridgehead atoms. The van der Waals surface area contributed by atoms with E-state index in [0.717, 1.165) is 11.3 Å². The van der Waals surface area contributed by atoms with Crippen molar-refractivity contribution in [1.29, 1.82) is 0 Å². The van der Waals surface area contributed by atoms with Gasteiger partial charge in [0.15, 0.2) is 0 Å². The molecule has 1 unspecified atom stereocenters.